The maximum atomic E-state index is 12.0. The molecule has 140 valence electrons. The molecular weight excluding hydrogens is 354 g/mol. The van der Waals surface area contributed by atoms with Crippen LogP contribution in [-0.4, -0.2) is 51.5 Å². The van der Waals surface area contributed by atoms with E-state index in [4.69, 9.17) is 4.74 Å². The Bertz CT molecular complexity index is 784. The van der Waals surface area contributed by atoms with Crippen LogP contribution in [-0.2, 0) is 15.7 Å². The lowest BCUT2D eigenvalue weighted by atomic mass is 9.91. The monoisotopic (exact) mass is 377 g/mol. The minimum atomic E-state index is -1.28. The summed E-state index contributed by atoms with van der Waals surface area (Å²) in [4.78, 5) is 0.667. The van der Waals surface area contributed by atoms with Gasteiger partial charge >= 0.3 is 0 Å². The summed E-state index contributed by atoms with van der Waals surface area (Å²) in [6.07, 6.45) is -3.04. The van der Waals surface area contributed by atoms with Gasteiger partial charge < -0.3 is 20.1 Å². The number of benzene rings is 2. The normalized spacial score (nSPS) is 27.2. The molecule has 1 fully saturated rings. The third-order valence-corrected chi connectivity index (χ3v) is 5.59. The Morgan fingerprint density at radius 2 is 1.85 bits per heavy atom. The molecule has 0 radical (unpaired) electrons. The predicted molar refractivity (Wildman–Crippen MR) is 98.7 cm³/mol. The molecule has 0 amide bonds. The lowest BCUT2D eigenvalue weighted by molar-refractivity contribution is -0.179. The van der Waals surface area contributed by atoms with Crippen LogP contribution < -0.4 is 4.72 Å². The predicted octanol–water partition coefficient (Wildman–Crippen LogP) is 1.14. The average molecular weight is 377 g/mol. The fraction of sp³-hybridized carbons (Fsp3) is 0.368. The number of hydrogen-bond acceptors (Lipinski definition) is 5. The molecule has 0 saturated carbocycles. The van der Waals surface area contributed by atoms with Gasteiger partial charge in [-0.25, -0.2) is 8.93 Å². The van der Waals surface area contributed by atoms with Gasteiger partial charge in [-0.1, -0.05) is 30.3 Å². The van der Waals surface area contributed by atoms with E-state index < -0.39 is 35.4 Å². The van der Waals surface area contributed by atoms with E-state index in [-0.39, 0.29) is 13.0 Å². The van der Waals surface area contributed by atoms with Crippen molar-refractivity contribution in [3.8, 4) is 11.1 Å². The van der Waals surface area contributed by atoms with Gasteiger partial charge in [-0.3, -0.25) is 0 Å². The van der Waals surface area contributed by atoms with Crippen molar-refractivity contribution in [3.05, 3.63) is 54.1 Å². The van der Waals surface area contributed by atoms with Gasteiger partial charge in [0.05, 0.1) is 23.7 Å². The summed E-state index contributed by atoms with van der Waals surface area (Å²) >= 11 is 0. The van der Waals surface area contributed by atoms with Crippen LogP contribution in [0.3, 0.4) is 0 Å². The van der Waals surface area contributed by atoms with E-state index in [1.54, 1.807) is 13.1 Å². The lowest BCUT2D eigenvalue weighted by Crippen LogP contribution is -2.44. The standard InChI is InChI=1S/C19H23NO5S/c1-20-26(24)16-7-3-5-13(9-16)12-4-2-6-14(8-12)19-18(23)17(22)10-15(11-21)25-19/h2-9,15,17-23H,10-11H2,1H3/t15?,17?,18?,19-,26?/m1/s1. The SMILES string of the molecule is CNS(=O)c1cccc(-c2cccc([C@H]3OC(CO)CC(O)C3O)c2)c1. The molecule has 1 heterocycles. The van der Waals surface area contributed by atoms with Gasteiger partial charge in [0.2, 0.25) is 0 Å². The molecule has 4 N–H and O–H groups in total. The number of rotatable bonds is 5. The minimum absolute atomic E-state index is 0.200. The molecule has 0 aromatic heterocycles. The van der Waals surface area contributed by atoms with Crippen LogP contribution >= 0.6 is 0 Å². The second-order valence-corrected chi connectivity index (χ2v) is 7.70. The smallest absolute Gasteiger partial charge is 0.124 e. The van der Waals surface area contributed by atoms with Gasteiger partial charge in [0, 0.05) is 6.42 Å². The van der Waals surface area contributed by atoms with Crippen molar-refractivity contribution in [1.29, 1.82) is 0 Å². The zero-order valence-corrected chi connectivity index (χ0v) is 15.2. The highest BCUT2D eigenvalue weighted by atomic mass is 32.2. The molecule has 4 unspecified atom stereocenters. The first kappa shape index (κ1) is 19.2. The fourth-order valence-electron chi connectivity index (χ4n) is 3.15. The number of nitrogens with one attached hydrogen (secondary N) is 1. The van der Waals surface area contributed by atoms with Crippen LogP contribution in [0.5, 0.6) is 0 Å². The molecule has 7 heteroatoms. The van der Waals surface area contributed by atoms with Crippen LogP contribution in [0.15, 0.2) is 53.4 Å². The quantitative estimate of drug-likeness (QED) is 0.626. The molecule has 5 atom stereocenters. The maximum absolute atomic E-state index is 12.0. The summed E-state index contributed by atoms with van der Waals surface area (Å²) < 4.78 is 20.4. The Kier molecular flexibility index (Phi) is 6.18. The van der Waals surface area contributed by atoms with Gasteiger partial charge in [0.25, 0.3) is 0 Å². The van der Waals surface area contributed by atoms with Gasteiger partial charge in [0.1, 0.15) is 23.2 Å². The Labute approximate surface area is 155 Å². The highest BCUT2D eigenvalue weighted by Crippen LogP contribution is 2.34. The maximum Gasteiger partial charge on any atom is 0.124 e. The molecule has 0 bridgehead atoms. The van der Waals surface area contributed by atoms with E-state index in [2.05, 4.69) is 4.72 Å². The zero-order chi connectivity index (χ0) is 18.7. The summed E-state index contributed by atoms with van der Waals surface area (Å²) in [7, 11) is 0.357. The minimum Gasteiger partial charge on any atom is -0.394 e. The van der Waals surface area contributed by atoms with Crippen LogP contribution in [0.2, 0.25) is 0 Å². The first-order chi connectivity index (χ1) is 12.5. The number of aliphatic hydroxyl groups is 3. The molecule has 6 nitrogen and oxygen atoms in total. The van der Waals surface area contributed by atoms with Crippen LogP contribution in [0, 0.1) is 0 Å². The number of hydrogen-bond donors (Lipinski definition) is 4. The molecule has 0 aliphatic carbocycles. The van der Waals surface area contributed by atoms with Crippen molar-refractivity contribution in [2.24, 2.45) is 0 Å². The van der Waals surface area contributed by atoms with Gasteiger partial charge in [-0.15, -0.1) is 0 Å². The Morgan fingerprint density at radius 3 is 2.54 bits per heavy atom. The topological polar surface area (TPSA) is 99.0 Å². The lowest BCUT2D eigenvalue weighted by Gasteiger charge is -2.37. The van der Waals surface area contributed by atoms with E-state index in [1.165, 1.54) is 0 Å². The van der Waals surface area contributed by atoms with Crippen molar-refractivity contribution in [3.63, 3.8) is 0 Å². The zero-order valence-electron chi connectivity index (χ0n) is 14.4. The first-order valence-corrected chi connectivity index (χ1v) is 9.60. The second-order valence-electron chi connectivity index (χ2n) is 6.28. The summed E-state index contributed by atoms with van der Waals surface area (Å²) in [5.74, 6) is 0. The number of ether oxygens (including phenoxy) is 1. The molecule has 2 aromatic rings. The molecule has 3 rings (SSSR count). The Morgan fingerprint density at radius 1 is 1.15 bits per heavy atom. The Balaban J connectivity index is 1.92. The fourth-order valence-corrected chi connectivity index (χ4v) is 3.82. The largest absolute Gasteiger partial charge is 0.394 e. The van der Waals surface area contributed by atoms with E-state index in [0.29, 0.717) is 10.5 Å². The molecule has 1 saturated heterocycles. The third kappa shape index (κ3) is 4.03. The van der Waals surface area contributed by atoms with Crippen molar-refractivity contribution >= 4 is 11.0 Å². The van der Waals surface area contributed by atoms with Crippen molar-refractivity contribution in [2.45, 2.75) is 35.7 Å². The Hall–Kier alpha value is -1.61. The van der Waals surface area contributed by atoms with E-state index in [9.17, 15) is 19.5 Å². The van der Waals surface area contributed by atoms with Crippen molar-refractivity contribution < 1.29 is 24.3 Å². The summed E-state index contributed by atoms with van der Waals surface area (Å²) in [5, 5.41) is 29.7. The molecule has 2 aromatic carbocycles. The van der Waals surface area contributed by atoms with Crippen molar-refractivity contribution in [2.75, 3.05) is 13.7 Å². The van der Waals surface area contributed by atoms with Gasteiger partial charge in [0.15, 0.2) is 0 Å². The number of aliphatic hydroxyl groups excluding tert-OH is 3. The highest BCUT2D eigenvalue weighted by molar-refractivity contribution is 7.83. The second kappa shape index (κ2) is 8.39. The van der Waals surface area contributed by atoms with Gasteiger partial charge in [-0.2, -0.15) is 0 Å². The molecule has 1 aliphatic rings. The van der Waals surface area contributed by atoms with E-state index in [1.807, 2.05) is 42.5 Å². The molecular formula is C19H23NO5S. The molecule has 1 aliphatic heterocycles. The van der Waals surface area contributed by atoms with E-state index in [0.717, 1.165) is 11.1 Å². The van der Waals surface area contributed by atoms with Gasteiger partial charge in [-0.05, 0) is 41.9 Å². The van der Waals surface area contributed by atoms with Crippen LogP contribution in [0.1, 0.15) is 18.1 Å². The van der Waals surface area contributed by atoms with Crippen LogP contribution in [0.4, 0.5) is 0 Å². The third-order valence-electron chi connectivity index (χ3n) is 4.53. The highest BCUT2D eigenvalue weighted by Gasteiger charge is 2.37. The molecule has 26 heavy (non-hydrogen) atoms. The molecule has 0 spiro atoms. The van der Waals surface area contributed by atoms with Crippen molar-refractivity contribution in [1.82, 2.24) is 4.72 Å². The van der Waals surface area contributed by atoms with Crippen LogP contribution in [0.25, 0.3) is 11.1 Å². The first-order valence-electron chi connectivity index (χ1n) is 8.45. The average Bonchev–Trinajstić information content (AvgIpc) is 2.69. The van der Waals surface area contributed by atoms with E-state index >= 15 is 0 Å². The summed E-state index contributed by atoms with van der Waals surface area (Å²) in [5.41, 5.74) is 2.48. The summed E-state index contributed by atoms with van der Waals surface area (Å²) in [6.45, 7) is -0.210. The summed E-state index contributed by atoms with van der Waals surface area (Å²) in [6, 6.07) is 14.8.